The summed E-state index contributed by atoms with van der Waals surface area (Å²) in [5.41, 5.74) is 2.19. The molecule has 0 saturated heterocycles. The molecule has 0 aliphatic rings. The van der Waals surface area contributed by atoms with Gasteiger partial charge in [0.25, 0.3) is 5.56 Å². The Bertz CT molecular complexity index is 869. The summed E-state index contributed by atoms with van der Waals surface area (Å²) in [7, 11) is 0. The molecule has 2 aromatic carbocycles. The number of H-pyrrole nitrogens is 1. The molecule has 3 rings (SSSR count). The molecule has 0 unspecified atom stereocenters. The fraction of sp³-hybridized carbons (Fsp3) is 0.0667. The molecule has 0 atom stereocenters. The Kier molecular flexibility index (Phi) is 2.17. The maximum atomic E-state index is 12.0. The van der Waals surface area contributed by atoms with Crippen LogP contribution in [0.5, 0.6) is 0 Å². The Balaban J connectivity index is 2.55. The lowest BCUT2D eigenvalue weighted by molar-refractivity contribution is 1.33. The van der Waals surface area contributed by atoms with Gasteiger partial charge < -0.3 is 4.98 Å². The first kappa shape index (κ1) is 10.5. The summed E-state index contributed by atoms with van der Waals surface area (Å²) in [5, 5.41) is 11.4. The molecule has 0 bridgehead atoms. The second kappa shape index (κ2) is 3.71. The highest BCUT2D eigenvalue weighted by Gasteiger charge is 2.05. The smallest absolute Gasteiger partial charge is 0.256 e. The lowest BCUT2D eigenvalue weighted by Gasteiger charge is -2.04. The standard InChI is InChI=1S/C15H10N2O/c1-9-2-4-11-12-5-3-10(8-16)7-14(12)17-15(18)13(11)6-9/h2-7H,1H3,(H,17,18). The number of nitrogens with zero attached hydrogens (tertiary/aromatic N) is 1. The monoisotopic (exact) mass is 234 g/mol. The highest BCUT2D eigenvalue weighted by molar-refractivity contribution is 6.05. The third kappa shape index (κ3) is 1.47. The van der Waals surface area contributed by atoms with Crippen molar-refractivity contribution in [2.24, 2.45) is 0 Å². The number of fused-ring (bicyclic) bond motifs is 3. The zero-order chi connectivity index (χ0) is 12.7. The van der Waals surface area contributed by atoms with Gasteiger partial charge >= 0.3 is 0 Å². The third-order valence-corrected chi connectivity index (χ3v) is 3.11. The number of aromatic amines is 1. The van der Waals surface area contributed by atoms with Gasteiger partial charge in [-0.15, -0.1) is 0 Å². The van der Waals surface area contributed by atoms with Crippen LogP contribution in [0.25, 0.3) is 21.7 Å². The Morgan fingerprint density at radius 2 is 1.83 bits per heavy atom. The highest BCUT2D eigenvalue weighted by Crippen LogP contribution is 2.22. The van der Waals surface area contributed by atoms with E-state index in [1.54, 1.807) is 12.1 Å². The number of hydrogen-bond acceptors (Lipinski definition) is 2. The van der Waals surface area contributed by atoms with Gasteiger partial charge in [-0.25, -0.2) is 0 Å². The Morgan fingerprint density at radius 3 is 2.61 bits per heavy atom. The second-order valence-corrected chi connectivity index (χ2v) is 4.38. The predicted octanol–water partition coefficient (Wildman–Crippen LogP) is 2.86. The van der Waals surface area contributed by atoms with E-state index in [1.807, 2.05) is 31.2 Å². The predicted molar refractivity (Wildman–Crippen MR) is 71.5 cm³/mol. The minimum absolute atomic E-state index is 0.115. The first-order valence-electron chi connectivity index (χ1n) is 5.65. The first-order chi connectivity index (χ1) is 8.69. The van der Waals surface area contributed by atoms with E-state index in [4.69, 9.17) is 5.26 Å². The summed E-state index contributed by atoms with van der Waals surface area (Å²) >= 11 is 0. The van der Waals surface area contributed by atoms with Gasteiger partial charge in [0.05, 0.1) is 17.1 Å². The highest BCUT2D eigenvalue weighted by atomic mass is 16.1. The van der Waals surface area contributed by atoms with Gasteiger partial charge in [-0.3, -0.25) is 4.79 Å². The molecular weight excluding hydrogens is 224 g/mol. The molecule has 0 spiro atoms. The quantitative estimate of drug-likeness (QED) is 0.608. The number of rotatable bonds is 0. The lowest BCUT2D eigenvalue weighted by atomic mass is 10.0. The van der Waals surface area contributed by atoms with Gasteiger partial charge in [0, 0.05) is 10.8 Å². The number of nitrogens with one attached hydrogen (secondary N) is 1. The van der Waals surface area contributed by atoms with Crippen molar-refractivity contribution < 1.29 is 0 Å². The van der Waals surface area contributed by atoms with E-state index in [2.05, 4.69) is 11.1 Å². The van der Waals surface area contributed by atoms with Crippen LogP contribution in [0.1, 0.15) is 11.1 Å². The molecule has 86 valence electrons. The molecular formula is C15H10N2O. The van der Waals surface area contributed by atoms with Crippen molar-refractivity contribution in [1.82, 2.24) is 4.98 Å². The summed E-state index contributed by atoms with van der Waals surface area (Å²) in [6.45, 7) is 1.96. The van der Waals surface area contributed by atoms with Crippen molar-refractivity contribution in [2.75, 3.05) is 0 Å². The van der Waals surface area contributed by atoms with Crippen LogP contribution in [0.3, 0.4) is 0 Å². The van der Waals surface area contributed by atoms with Crippen LogP contribution < -0.4 is 5.56 Å². The van der Waals surface area contributed by atoms with Crippen LogP contribution >= 0.6 is 0 Å². The molecule has 0 fully saturated rings. The maximum Gasteiger partial charge on any atom is 0.256 e. The number of pyridine rings is 1. The van der Waals surface area contributed by atoms with Crippen molar-refractivity contribution >= 4 is 21.7 Å². The van der Waals surface area contributed by atoms with Crippen molar-refractivity contribution in [3.05, 3.63) is 57.9 Å². The molecule has 3 nitrogen and oxygen atoms in total. The number of aryl methyl sites for hydroxylation is 1. The SMILES string of the molecule is Cc1ccc2c(c1)c(=O)[nH]c1cc(C#N)ccc12. The summed E-state index contributed by atoms with van der Waals surface area (Å²) in [6.07, 6.45) is 0. The van der Waals surface area contributed by atoms with E-state index < -0.39 is 0 Å². The molecule has 1 aromatic heterocycles. The van der Waals surface area contributed by atoms with E-state index >= 15 is 0 Å². The number of hydrogen-bond donors (Lipinski definition) is 1. The molecule has 3 heteroatoms. The number of aromatic nitrogens is 1. The summed E-state index contributed by atoms with van der Waals surface area (Å²) in [5.74, 6) is 0. The maximum absolute atomic E-state index is 12.0. The third-order valence-electron chi connectivity index (χ3n) is 3.11. The zero-order valence-electron chi connectivity index (χ0n) is 9.82. The van der Waals surface area contributed by atoms with Crippen molar-refractivity contribution in [2.45, 2.75) is 6.92 Å². The molecule has 1 N–H and O–H groups in total. The molecule has 18 heavy (non-hydrogen) atoms. The second-order valence-electron chi connectivity index (χ2n) is 4.38. The van der Waals surface area contributed by atoms with E-state index in [-0.39, 0.29) is 5.56 Å². The summed E-state index contributed by atoms with van der Waals surface area (Å²) in [6, 6.07) is 13.2. The van der Waals surface area contributed by atoms with Crippen molar-refractivity contribution in [1.29, 1.82) is 5.26 Å². The topological polar surface area (TPSA) is 56.6 Å². The lowest BCUT2D eigenvalue weighted by Crippen LogP contribution is -2.06. The van der Waals surface area contributed by atoms with Crippen LogP contribution in [0.15, 0.2) is 41.2 Å². The molecule has 0 amide bonds. The van der Waals surface area contributed by atoms with Crippen molar-refractivity contribution in [3.8, 4) is 6.07 Å². The number of benzene rings is 2. The molecule has 3 aromatic rings. The summed E-state index contributed by atoms with van der Waals surface area (Å²) in [4.78, 5) is 14.8. The average molecular weight is 234 g/mol. The Labute approximate surface area is 103 Å². The van der Waals surface area contributed by atoms with E-state index in [1.165, 1.54) is 0 Å². The van der Waals surface area contributed by atoms with Crippen LogP contribution in [-0.4, -0.2) is 4.98 Å². The Hall–Kier alpha value is -2.60. The first-order valence-corrected chi connectivity index (χ1v) is 5.65. The van der Waals surface area contributed by atoms with Crippen LogP contribution in [-0.2, 0) is 0 Å². The minimum atomic E-state index is -0.115. The zero-order valence-corrected chi connectivity index (χ0v) is 9.82. The van der Waals surface area contributed by atoms with Crippen molar-refractivity contribution in [3.63, 3.8) is 0 Å². The molecule has 0 aliphatic carbocycles. The normalized spacial score (nSPS) is 10.7. The minimum Gasteiger partial charge on any atom is -0.321 e. The molecule has 0 aliphatic heterocycles. The van der Waals surface area contributed by atoms with E-state index in [0.717, 1.165) is 16.3 Å². The van der Waals surface area contributed by atoms with Gasteiger partial charge in [-0.1, -0.05) is 23.8 Å². The molecule has 0 saturated carbocycles. The fourth-order valence-corrected chi connectivity index (χ4v) is 2.22. The van der Waals surface area contributed by atoms with Gasteiger partial charge in [0.1, 0.15) is 0 Å². The van der Waals surface area contributed by atoms with E-state index in [0.29, 0.717) is 16.5 Å². The van der Waals surface area contributed by atoms with Crippen LogP contribution in [0.2, 0.25) is 0 Å². The van der Waals surface area contributed by atoms with Crippen LogP contribution in [0, 0.1) is 18.3 Å². The van der Waals surface area contributed by atoms with Gasteiger partial charge in [0.2, 0.25) is 0 Å². The average Bonchev–Trinajstić information content (AvgIpc) is 2.38. The fourth-order valence-electron chi connectivity index (χ4n) is 2.22. The molecule has 0 radical (unpaired) electrons. The summed E-state index contributed by atoms with van der Waals surface area (Å²) < 4.78 is 0. The molecule has 1 heterocycles. The largest absolute Gasteiger partial charge is 0.321 e. The van der Waals surface area contributed by atoms with Gasteiger partial charge in [0.15, 0.2) is 0 Å². The Morgan fingerprint density at radius 1 is 1.06 bits per heavy atom. The van der Waals surface area contributed by atoms with Gasteiger partial charge in [-0.2, -0.15) is 5.26 Å². The van der Waals surface area contributed by atoms with Crippen LogP contribution in [0.4, 0.5) is 0 Å². The van der Waals surface area contributed by atoms with E-state index in [9.17, 15) is 4.79 Å². The van der Waals surface area contributed by atoms with Gasteiger partial charge in [-0.05, 0) is 30.5 Å². The number of nitriles is 1.